The molecule has 0 heterocycles. The molecule has 0 saturated heterocycles. The Labute approximate surface area is 117 Å². The molecular weight excluding hydrogens is 306 g/mol. The molecule has 1 aromatic rings. The van der Waals surface area contributed by atoms with Crippen LogP contribution in [0.2, 0.25) is 0 Å². The molecule has 0 aromatic heterocycles. The van der Waals surface area contributed by atoms with Gasteiger partial charge in [-0.15, -0.1) is 0 Å². The molecule has 18 heavy (non-hydrogen) atoms. The summed E-state index contributed by atoms with van der Waals surface area (Å²) in [5, 5.41) is 22.0. The third kappa shape index (κ3) is 3.71. The lowest BCUT2D eigenvalue weighted by molar-refractivity contribution is -0.385. The van der Waals surface area contributed by atoms with Crippen LogP contribution in [0.25, 0.3) is 0 Å². The van der Waals surface area contributed by atoms with Crippen LogP contribution < -0.4 is 5.32 Å². The molecule has 1 unspecified atom stereocenters. The second-order valence-electron chi connectivity index (χ2n) is 3.19. The monoisotopic (exact) mass is 312 g/mol. The van der Waals surface area contributed by atoms with E-state index in [1.165, 1.54) is 18.2 Å². The van der Waals surface area contributed by atoms with E-state index in [9.17, 15) is 20.0 Å². The molecule has 6 nitrogen and oxygen atoms in total. The lowest BCUT2D eigenvalue weighted by Crippen LogP contribution is -2.43. The van der Waals surface area contributed by atoms with E-state index in [2.05, 4.69) is 0 Å². The van der Waals surface area contributed by atoms with Gasteiger partial charge in [-0.25, -0.2) is 0 Å². The Bertz CT molecular complexity index is 475. The van der Waals surface area contributed by atoms with Gasteiger partial charge in [0.05, 0.1) is 4.92 Å². The molecule has 1 atom stereocenters. The van der Waals surface area contributed by atoms with E-state index in [0.717, 1.165) is 6.07 Å². The number of nitrogens with zero attached hydrogens (tertiary/aromatic N) is 1. The van der Waals surface area contributed by atoms with Gasteiger partial charge in [-0.1, -0.05) is 46.9 Å². The van der Waals surface area contributed by atoms with E-state index in [-0.39, 0.29) is 5.56 Å². The Kier molecular flexibility index (Phi) is 4.75. The number of carbonyl (C=O) groups excluding carboxylic acids is 1. The van der Waals surface area contributed by atoms with Crippen molar-refractivity contribution in [2.75, 3.05) is 0 Å². The first kappa shape index (κ1) is 15.0. The van der Waals surface area contributed by atoms with Crippen LogP contribution in [0.15, 0.2) is 24.3 Å². The third-order valence-corrected chi connectivity index (χ3v) is 2.54. The maximum absolute atomic E-state index is 11.7. The zero-order valence-electron chi connectivity index (χ0n) is 8.64. The molecule has 0 saturated carbocycles. The fourth-order valence-electron chi connectivity index (χ4n) is 1.11. The number of benzene rings is 1. The van der Waals surface area contributed by atoms with Crippen LogP contribution in [0, 0.1) is 10.1 Å². The number of halogens is 3. The maximum Gasteiger partial charge on any atom is 0.282 e. The Morgan fingerprint density at radius 2 is 1.94 bits per heavy atom. The average molecular weight is 314 g/mol. The molecule has 1 amide bonds. The molecule has 0 aliphatic heterocycles. The van der Waals surface area contributed by atoms with Crippen LogP contribution in [-0.4, -0.2) is 26.0 Å². The number of nitro groups is 1. The second kappa shape index (κ2) is 5.71. The molecule has 9 heteroatoms. The minimum absolute atomic E-state index is 0.240. The Morgan fingerprint density at radius 3 is 2.44 bits per heavy atom. The quantitative estimate of drug-likeness (QED) is 0.386. The van der Waals surface area contributed by atoms with Crippen molar-refractivity contribution in [1.82, 2.24) is 5.32 Å². The number of nitro benzene ring substituents is 1. The molecule has 2 N–H and O–H groups in total. The number of para-hydroxylation sites is 1. The van der Waals surface area contributed by atoms with Crippen LogP contribution in [0.3, 0.4) is 0 Å². The van der Waals surface area contributed by atoms with Gasteiger partial charge >= 0.3 is 0 Å². The standard InChI is InChI=1S/C9H7Cl3N2O4/c10-9(11,12)8(16)13-7(15)5-3-1-2-4-6(5)14(17)18/h1-4,8,16H,(H,13,15). The summed E-state index contributed by atoms with van der Waals surface area (Å²) in [7, 11) is 0. The number of alkyl halides is 3. The van der Waals surface area contributed by atoms with E-state index in [4.69, 9.17) is 34.8 Å². The molecular formula is C9H7Cl3N2O4. The van der Waals surface area contributed by atoms with Crippen molar-refractivity contribution < 1.29 is 14.8 Å². The number of aliphatic hydroxyl groups is 1. The van der Waals surface area contributed by atoms with Crippen LogP contribution in [0.1, 0.15) is 10.4 Å². The summed E-state index contributed by atoms with van der Waals surface area (Å²) >= 11 is 16.0. The third-order valence-electron chi connectivity index (χ3n) is 1.92. The summed E-state index contributed by atoms with van der Waals surface area (Å²) in [5.41, 5.74) is -0.651. The summed E-state index contributed by atoms with van der Waals surface area (Å²) in [5.74, 6) is -0.916. The number of amides is 1. The molecule has 1 rings (SSSR count). The topological polar surface area (TPSA) is 92.5 Å². The average Bonchev–Trinajstić information content (AvgIpc) is 2.27. The van der Waals surface area contributed by atoms with Crippen molar-refractivity contribution in [3.8, 4) is 0 Å². The van der Waals surface area contributed by atoms with Crippen molar-refractivity contribution in [3.63, 3.8) is 0 Å². The van der Waals surface area contributed by atoms with Crippen LogP contribution in [0.4, 0.5) is 5.69 Å². The van der Waals surface area contributed by atoms with Crippen LogP contribution in [0.5, 0.6) is 0 Å². The molecule has 0 fully saturated rings. The van der Waals surface area contributed by atoms with E-state index < -0.39 is 26.5 Å². The highest BCUT2D eigenvalue weighted by Gasteiger charge is 2.33. The molecule has 0 spiro atoms. The molecule has 0 aliphatic carbocycles. The Morgan fingerprint density at radius 1 is 1.39 bits per heavy atom. The molecule has 0 radical (unpaired) electrons. The highest BCUT2D eigenvalue weighted by molar-refractivity contribution is 6.68. The van der Waals surface area contributed by atoms with Crippen molar-refractivity contribution >= 4 is 46.4 Å². The number of hydrogen-bond donors (Lipinski definition) is 2. The second-order valence-corrected chi connectivity index (χ2v) is 5.56. The predicted octanol–water partition coefficient (Wildman–Crippen LogP) is 2.01. The number of nitrogens with one attached hydrogen (secondary N) is 1. The van der Waals surface area contributed by atoms with Gasteiger partial charge < -0.3 is 10.4 Å². The first-order valence-electron chi connectivity index (χ1n) is 4.52. The summed E-state index contributed by atoms with van der Waals surface area (Å²) in [6.45, 7) is 0. The van der Waals surface area contributed by atoms with Gasteiger partial charge in [0, 0.05) is 6.07 Å². The van der Waals surface area contributed by atoms with Gasteiger partial charge in [0.1, 0.15) is 5.56 Å². The number of carbonyl (C=O) groups is 1. The lowest BCUT2D eigenvalue weighted by Gasteiger charge is -2.19. The van der Waals surface area contributed by atoms with Gasteiger partial charge in [-0.2, -0.15) is 0 Å². The largest absolute Gasteiger partial charge is 0.369 e. The molecule has 98 valence electrons. The Hall–Kier alpha value is -1.08. The van der Waals surface area contributed by atoms with Crippen molar-refractivity contribution in [1.29, 1.82) is 0 Å². The molecule has 1 aromatic carbocycles. The van der Waals surface area contributed by atoms with Crippen LogP contribution in [-0.2, 0) is 0 Å². The first-order valence-corrected chi connectivity index (χ1v) is 5.66. The minimum atomic E-state index is -2.13. The van der Waals surface area contributed by atoms with Crippen LogP contribution >= 0.6 is 34.8 Å². The summed E-state index contributed by atoms with van der Waals surface area (Å²) in [6.07, 6.45) is -1.78. The van der Waals surface area contributed by atoms with Gasteiger partial charge in [0.25, 0.3) is 11.6 Å². The number of hydrogen-bond acceptors (Lipinski definition) is 4. The minimum Gasteiger partial charge on any atom is -0.369 e. The molecule has 0 bridgehead atoms. The number of aliphatic hydroxyl groups excluding tert-OH is 1. The fraction of sp³-hybridized carbons (Fsp3) is 0.222. The molecule has 0 aliphatic rings. The predicted molar refractivity (Wildman–Crippen MR) is 66.9 cm³/mol. The van der Waals surface area contributed by atoms with Gasteiger partial charge in [-0.05, 0) is 6.07 Å². The van der Waals surface area contributed by atoms with E-state index in [1.54, 1.807) is 0 Å². The maximum atomic E-state index is 11.7. The Balaban J connectivity index is 2.95. The van der Waals surface area contributed by atoms with Gasteiger partial charge in [-0.3, -0.25) is 14.9 Å². The smallest absolute Gasteiger partial charge is 0.282 e. The SMILES string of the molecule is O=C(NC(O)C(Cl)(Cl)Cl)c1ccccc1[N+](=O)[O-]. The zero-order chi connectivity index (χ0) is 13.9. The normalized spacial score (nSPS) is 12.9. The summed E-state index contributed by atoms with van der Waals surface area (Å²) < 4.78 is -2.13. The highest BCUT2D eigenvalue weighted by atomic mass is 35.6. The zero-order valence-corrected chi connectivity index (χ0v) is 10.9. The first-order chi connectivity index (χ1) is 8.23. The van der Waals surface area contributed by atoms with E-state index in [0.29, 0.717) is 0 Å². The lowest BCUT2D eigenvalue weighted by atomic mass is 10.1. The summed E-state index contributed by atoms with van der Waals surface area (Å²) in [4.78, 5) is 21.6. The number of rotatable bonds is 3. The van der Waals surface area contributed by atoms with E-state index >= 15 is 0 Å². The van der Waals surface area contributed by atoms with Crippen molar-refractivity contribution in [2.45, 2.75) is 10.0 Å². The van der Waals surface area contributed by atoms with E-state index in [1.807, 2.05) is 5.32 Å². The fourth-order valence-corrected chi connectivity index (χ4v) is 1.27. The van der Waals surface area contributed by atoms with Crippen molar-refractivity contribution in [3.05, 3.63) is 39.9 Å². The van der Waals surface area contributed by atoms with Gasteiger partial charge in [0.15, 0.2) is 6.23 Å². The van der Waals surface area contributed by atoms with Gasteiger partial charge in [0.2, 0.25) is 3.79 Å². The summed E-state index contributed by atoms with van der Waals surface area (Å²) in [6, 6.07) is 5.21. The highest BCUT2D eigenvalue weighted by Crippen LogP contribution is 2.29. The van der Waals surface area contributed by atoms with Crippen molar-refractivity contribution in [2.24, 2.45) is 0 Å².